The maximum absolute atomic E-state index is 12.3. The van der Waals surface area contributed by atoms with Gasteiger partial charge in [-0.15, -0.1) is 5.10 Å². The van der Waals surface area contributed by atoms with E-state index in [0.717, 1.165) is 37.1 Å². The van der Waals surface area contributed by atoms with E-state index in [0.29, 0.717) is 17.6 Å². The molecule has 144 valence electrons. The zero-order chi connectivity index (χ0) is 19.3. The fourth-order valence-electron chi connectivity index (χ4n) is 3.03. The Morgan fingerprint density at radius 2 is 1.79 bits per heavy atom. The maximum Gasteiger partial charge on any atom is 0.387 e. The van der Waals surface area contributed by atoms with Crippen LogP contribution in [-0.4, -0.2) is 39.9 Å². The first kappa shape index (κ1) is 18.0. The number of anilines is 3. The van der Waals surface area contributed by atoms with Gasteiger partial charge in [0, 0.05) is 24.8 Å². The molecule has 2 aromatic heterocycles. The van der Waals surface area contributed by atoms with E-state index in [1.54, 1.807) is 30.6 Å². The van der Waals surface area contributed by atoms with Crippen LogP contribution < -0.4 is 15.0 Å². The largest absolute Gasteiger partial charge is 0.435 e. The Balaban J connectivity index is 1.50. The van der Waals surface area contributed by atoms with E-state index in [2.05, 4.69) is 35.1 Å². The highest BCUT2D eigenvalue weighted by Gasteiger charge is 2.15. The molecule has 7 nitrogen and oxygen atoms in total. The molecule has 1 N–H and O–H groups in total. The van der Waals surface area contributed by atoms with Crippen LogP contribution in [0.15, 0.2) is 48.8 Å². The average Bonchev–Trinajstić information content (AvgIpc) is 3.23. The summed E-state index contributed by atoms with van der Waals surface area (Å²) in [5.74, 6) is 1.95. The Morgan fingerprint density at radius 1 is 1.00 bits per heavy atom. The molecule has 0 unspecified atom stereocenters. The number of alkyl halides is 2. The van der Waals surface area contributed by atoms with Gasteiger partial charge in [-0.2, -0.15) is 18.9 Å². The van der Waals surface area contributed by atoms with Crippen LogP contribution in [0.25, 0.3) is 11.1 Å². The summed E-state index contributed by atoms with van der Waals surface area (Å²) >= 11 is 0. The summed E-state index contributed by atoms with van der Waals surface area (Å²) in [5.41, 5.74) is 1.59. The van der Waals surface area contributed by atoms with E-state index < -0.39 is 6.61 Å². The zero-order valence-electron chi connectivity index (χ0n) is 14.9. The van der Waals surface area contributed by atoms with Gasteiger partial charge < -0.3 is 15.0 Å². The normalized spacial score (nSPS) is 13.8. The van der Waals surface area contributed by atoms with Crippen molar-refractivity contribution in [2.75, 3.05) is 23.3 Å². The Morgan fingerprint density at radius 3 is 2.54 bits per heavy atom. The maximum atomic E-state index is 12.3. The van der Waals surface area contributed by atoms with Crippen molar-refractivity contribution in [1.29, 1.82) is 0 Å². The van der Waals surface area contributed by atoms with Crippen molar-refractivity contribution >= 4 is 17.6 Å². The standard InChI is InChI=1S/C19H18F2N6O/c20-18(21)28-15-5-3-13(4-6-15)14-11-17(26-23-12-14)24-16-7-8-22-19(25-16)27-9-1-2-10-27/h3-8,11-12,18H,1-2,9-10H2,(H,22,24,25,26). The summed E-state index contributed by atoms with van der Waals surface area (Å²) in [6, 6.07) is 9.94. The van der Waals surface area contributed by atoms with Gasteiger partial charge in [0.2, 0.25) is 5.95 Å². The molecule has 0 aliphatic carbocycles. The lowest BCUT2D eigenvalue weighted by molar-refractivity contribution is -0.0498. The number of benzene rings is 1. The highest BCUT2D eigenvalue weighted by molar-refractivity contribution is 5.67. The lowest BCUT2D eigenvalue weighted by Gasteiger charge is -2.15. The topological polar surface area (TPSA) is 76.1 Å². The first-order valence-electron chi connectivity index (χ1n) is 8.90. The molecule has 3 aromatic rings. The molecular formula is C19H18F2N6O. The molecule has 9 heteroatoms. The SMILES string of the molecule is FC(F)Oc1ccc(-c2cnnc(Nc3ccnc(N4CCCC4)n3)c2)cc1. The van der Waals surface area contributed by atoms with Gasteiger partial charge in [0.15, 0.2) is 5.82 Å². The van der Waals surface area contributed by atoms with Crippen LogP contribution in [-0.2, 0) is 0 Å². The number of aromatic nitrogens is 4. The average molecular weight is 384 g/mol. The van der Waals surface area contributed by atoms with Crippen LogP contribution in [0.1, 0.15) is 12.8 Å². The molecule has 4 rings (SSSR count). The van der Waals surface area contributed by atoms with Crippen LogP contribution in [0.5, 0.6) is 5.75 Å². The second kappa shape index (κ2) is 8.12. The minimum atomic E-state index is -2.84. The smallest absolute Gasteiger partial charge is 0.387 e. The van der Waals surface area contributed by atoms with Gasteiger partial charge in [-0.25, -0.2) is 4.98 Å². The Bertz CT molecular complexity index is 932. The molecule has 1 fully saturated rings. The van der Waals surface area contributed by atoms with E-state index in [1.807, 2.05) is 6.07 Å². The molecule has 28 heavy (non-hydrogen) atoms. The summed E-state index contributed by atoms with van der Waals surface area (Å²) in [5, 5.41) is 11.2. The van der Waals surface area contributed by atoms with Crippen LogP contribution in [0.2, 0.25) is 0 Å². The number of hydrogen-bond acceptors (Lipinski definition) is 7. The monoisotopic (exact) mass is 384 g/mol. The molecule has 1 saturated heterocycles. The number of nitrogens with zero attached hydrogens (tertiary/aromatic N) is 5. The second-order valence-corrected chi connectivity index (χ2v) is 6.29. The first-order chi connectivity index (χ1) is 13.7. The molecular weight excluding hydrogens is 366 g/mol. The first-order valence-corrected chi connectivity index (χ1v) is 8.90. The van der Waals surface area contributed by atoms with Crippen LogP contribution in [0.3, 0.4) is 0 Å². The van der Waals surface area contributed by atoms with Crippen LogP contribution in [0, 0.1) is 0 Å². The molecule has 0 saturated carbocycles. The quantitative estimate of drug-likeness (QED) is 0.691. The predicted molar refractivity (Wildman–Crippen MR) is 101 cm³/mol. The van der Waals surface area contributed by atoms with Crippen molar-refractivity contribution in [3.63, 3.8) is 0 Å². The Labute approximate surface area is 160 Å². The molecule has 0 spiro atoms. The molecule has 1 aliphatic heterocycles. The second-order valence-electron chi connectivity index (χ2n) is 6.29. The summed E-state index contributed by atoms with van der Waals surface area (Å²) in [7, 11) is 0. The Hall–Kier alpha value is -3.36. The van der Waals surface area contributed by atoms with Crippen molar-refractivity contribution in [2.24, 2.45) is 0 Å². The van der Waals surface area contributed by atoms with Gasteiger partial charge in [-0.1, -0.05) is 12.1 Å². The summed E-state index contributed by atoms with van der Waals surface area (Å²) in [6.45, 7) is -0.920. The number of halogens is 2. The number of nitrogens with one attached hydrogen (secondary N) is 1. The highest BCUT2D eigenvalue weighted by Crippen LogP contribution is 2.25. The predicted octanol–water partition coefficient (Wildman–Crippen LogP) is 3.88. The number of ether oxygens (including phenoxy) is 1. The fourth-order valence-corrected chi connectivity index (χ4v) is 3.03. The van der Waals surface area contributed by atoms with Crippen molar-refractivity contribution in [2.45, 2.75) is 19.5 Å². The fraction of sp³-hybridized carbons (Fsp3) is 0.263. The lowest BCUT2D eigenvalue weighted by atomic mass is 10.1. The number of rotatable bonds is 6. The van der Waals surface area contributed by atoms with E-state index >= 15 is 0 Å². The van der Waals surface area contributed by atoms with Crippen molar-refractivity contribution in [3.05, 3.63) is 48.8 Å². The van der Waals surface area contributed by atoms with Crippen molar-refractivity contribution < 1.29 is 13.5 Å². The van der Waals surface area contributed by atoms with Gasteiger partial charge in [-0.3, -0.25) is 0 Å². The van der Waals surface area contributed by atoms with Crippen molar-refractivity contribution in [1.82, 2.24) is 20.2 Å². The van der Waals surface area contributed by atoms with E-state index in [9.17, 15) is 8.78 Å². The zero-order valence-corrected chi connectivity index (χ0v) is 14.9. The lowest BCUT2D eigenvalue weighted by Crippen LogP contribution is -2.20. The van der Waals surface area contributed by atoms with Crippen LogP contribution >= 0.6 is 0 Å². The summed E-state index contributed by atoms with van der Waals surface area (Å²) < 4.78 is 28.9. The molecule has 1 aromatic carbocycles. The molecule has 0 atom stereocenters. The highest BCUT2D eigenvalue weighted by atomic mass is 19.3. The summed E-state index contributed by atoms with van der Waals surface area (Å²) in [4.78, 5) is 11.0. The molecule has 0 bridgehead atoms. The summed E-state index contributed by atoms with van der Waals surface area (Å²) in [6.07, 6.45) is 5.61. The molecule has 0 amide bonds. The van der Waals surface area contributed by atoms with Gasteiger partial charge in [0.05, 0.1) is 6.20 Å². The minimum absolute atomic E-state index is 0.106. The Kier molecular flexibility index (Phi) is 5.22. The van der Waals surface area contributed by atoms with Gasteiger partial charge >= 0.3 is 6.61 Å². The van der Waals surface area contributed by atoms with Gasteiger partial charge in [-0.05, 0) is 42.7 Å². The van der Waals surface area contributed by atoms with E-state index in [1.165, 1.54) is 12.1 Å². The van der Waals surface area contributed by atoms with Gasteiger partial charge in [0.1, 0.15) is 11.6 Å². The third-order valence-electron chi connectivity index (χ3n) is 4.36. The third-order valence-corrected chi connectivity index (χ3v) is 4.36. The molecule has 3 heterocycles. The molecule has 1 aliphatic rings. The van der Waals surface area contributed by atoms with E-state index in [4.69, 9.17) is 0 Å². The third kappa shape index (κ3) is 4.30. The van der Waals surface area contributed by atoms with E-state index in [-0.39, 0.29) is 5.75 Å². The molecule has 0 radical (unpaired) electrons. The van der Waals surface area contributed by atoms with Gasteiger partial charge in [0.25, 0.3) is 0 Å². The van der Waals surface area contributed by atoms with Crippen molar-refractivity contribution in [3.8, 4) is 16.9 Å². The number of hydrogen-bond donors (Lipinski definition) is 1. The van der Waals surface area contributed by atoms with Crippen LogP contribution in [0.4, 0.5) is 26.4 Å². The minimum Gasteiger partial charge on any atom is -0.435 e.